The Hall–Kier alpha value is -7.61. The van der Waals surface area contributed by atoms with Crippen LogP contribution in [0.3, 0.4) is 0 Å². The van der Waals surface area contributed by atoms with E-state index < -0.39 is 0 Å². The highest BCUT2D eigenvalue weighted by Crippen LogP contribution is 2.43. The quantitative estimate of drug-likeness (QED) is 0.180. The lowest BCUT2D eigenvalue weighted by Gasteiger charge is -2.16. The summed E-state index contributed by atoms with van der Waals surface area (Å²) in [5.74, 6) is 1.72. The molecule has 270 valence electrons. The molecule has 13 aromatic rings. The Morgan fingerprint density at radius 3 is 1.10 bits per heavy atom. The first-order valence-corrected chi connectivity index (χ1v) is 20.3. The Balaban J connectivity index is 1.20. The van der Waals surface area contributed by atoms with Gasteiger partial charge in [0.1, 0.15) is 0 Å². The molecule has 0 bridgehead atoms. The summed E-state index contributed by atoms with van der Waals surface area (Å²) in [7, 11) is 0. The molecule has 8 aromatic carbocycles. The van der Waals surface area contributed by atoms with E-state index in [1.165, 1.54) is 30.9 Å². The van der Waals surface area contributed by atoms with Crippen LogP contribution in [0, 0.1) is 0 Å². The predicted octanol–water partition coefficient (Wildman–Crippen LogP) is 13.2. The summed E-state index contributed by atoms with van der Waals surface area (Å²) in [5, 5.41) is 9.45. The van der Waals surface area contributed by atoms with Gasteiger partial charge in [-0.3, -0.25) is 9.13 Å². The molecule has 6 nitrogen and oxygen atoms in total. The predicted molar refractivity (Wildman–Crippen MR) is 241 cm³/mol. The van der Waals surface area contributed by atoms with Crippen molar-refractivity contribution in [2.24, 2.45) is 0 Å². The third kappa shape index (κ3) is 4.39. The van der Waals surface area contributed by atoms with Crippen molar-refractivity contribution in [2.45, 2.75) is 0 Å². The van der Waals surface area contributed by atoms with Crippen LogP contribution in [-0.4, -0.2) is 28.7 Å². The smallest absolute Gasteiger partial charge is 0.240 e. The monoisotopic (exact) mass is 758 g/mol. The van der Waals surface area contributed by atoms with E-state index in [1.807, 2.05) is 0 Å². The number of hydrogen-bond acceptors (Lipinski definition) is 4. The van der Waals surface area contributed by atoms with Gasteiger partial charge in [0.15, 0.2) is 5.82 Å². The molecule has 0 unspecified atom stereocenters. The summed E-state index contributed by atoms with van der Waals surface area (Å²) in [6, 6.07) is 64.8. The lowest BCUT2D eigenvalue weighted by Crippen LogP contribution is -2.11. The van der Waals surface area contributed by atoms with Crippen molar-refractivity contribution in [1.82, 2.24) is 28.7 Å². The number of benzene rings is 8. The molecule has 0 spiro atoms. The molecule has 58 heavy (non-hydrogen) atoms. The first-order chi connectivity index (χ1) is 28.8. The van der Waals surface area contributed by atoms with Crippen LogP contribution in [0.1, 0.15) is 0 Å². The minimum atomic E-state index is 0.559. The standard InChI is InChI=1S/C51H30N6S/c1-8-22-40-31(15-1)32-16-2-9-23-41(32)55(40)46-29-38-37-21-7-14-28-47(37)58-48(38)30-39(46)49-52-50(56-42-24-10-3-17-33(42)34-18-4-11-25-43(34)56)54-51(53-49)57-44-26-12-5-19-35(44)36-20-6-13-27-45(36)57/h1-30H. The van der Waals surface area contributed by atoms with E-state index in [2.05, 4.69) is 196 Å². The molecule has 7 heteroatoms. The third-order valence-electron chi connectivity index (χ3n) is 11.7. The molecule has 0 saturated heterocycles. The van der Waals surface area contributed by atoms with E-state index in [9.17, 15) is 0 Å². The molecule has 5 heterocycles. The molecule has 0 aliphatic rings. The second-order valence-corrected chi connectivity index (χ2v) is 15.9. The molecule has 0 aliphatic carbocycles. The van der Waals surface area contributed by atoms with Gasteiger partial charge in [-0.05, 0) is 54.6 Å². The molecule has 0 radical (unpaired) electrons. The summed E-state index contributed by atoms with van der Waals surface area (Å²) in [5.41, 5.74) is 8.35. The molecule has 0 atom stereocenters. The zero-order chi connectivity index (χ0) is 37.9. The van der Waals surface area contributed by atoms with Crippen molar-refractivity contribution in [3.63, 3.8) is 0 Å². The van der Waals surface area contributed by atoms with Gasteiger partial charge in [-0.2, -0.15) is 15.0 Å². The van der Waals surface area contributed by atoms with Crippen LogP contribution in [-0.2, 0) is 0 Å². The van der Waals surface area contributed by atoms with Crippen LogP contribution in [0.5, 0.6) is 0 Å². The van der Waals surface area contributed by atoms with Crippen LogP contribution < -0.4 is 0 Å². The van der Waals surface area contributed by atoms with Crippen LogP contribution in [0.25, 0.3) is 115 Å². The van der Waals surface area contributed by atoms with Crippen LogP contribution >= 0.6 is 11.3 Å². The van der Waals surface area contributed by atoms with Gasteiger partial charge in [0, 0.05) is 58.1 Å². The van der Waals surface area contributed by atoms with Gasteiger partial charge in [-0.1, -0.05) is 127 Å². The molecule has 13 rings (SSSR count). The number of fused-ring (bicyclic) bond motifs is 12. The highest BCUT2D eigenvalue weighted by molar-refractivity contribution is 7.25. The number of para-hydroxylation sites is 6. The summed E-state index contributed by atoms with van der Waals surface area (Å²) in [4.78, 5) is 16.5. The Morgan fingerprint density at radius 1 is 0.310 bits per heavy atom. The maximum Gasteiger partial charge on any atom is 0.240 e. The number of rotatable bonds is 4. The van der Waals surface area contributed by atoms with Gasteiger partial charge < -0.3 is 4.57 Å². The number of nitrogens with zero attached hydrogens (tertiary/aromatic N) is 6. The Bertz CT molecular complexity index is 3530. The molecule has 0 saturated carbocycles. The lowest BCUT2D eigenvalue weighted by molar-refractivity contribution is 0.892. The minimum absolute atomic E-state index is 0.559. The fraction of sp³-hybridized carbons (Fsp3) is 0. The molecule has 0 N–H and O–H groups in total. The average molecular weight is 759 g/mol. The van der Waals surface area contributed by atoms with E-state index in [4.69, 9.17) is 15.0 Å². The van der Waals surface area contributed by atoms with Gasteiger partial charge in [0.25, 0.3) is 0 Å². The summed E-state index contributed by atoms with van der Waals surface area (Å²) >= 11 is 1.80. The zero-order valence-corrected chi connectivity index (χ0v) is 31.7. The first-order valence-electron chi connectivity index (χ1n) is 19.5. The van der Waals surface area contributed by atoms with Crippen molar-refractivity contribution < 1.29 is 0 Å². The van der Waals surface area contributed by atoms with E-state index >= 15 is 0 Å². The maximum atomic E-state index is 5.53. The SMILES string of the molecule is c1ccc2c(c1)sc1cc(-c3nc(-n4c5ccccc5c5ccccc54)nc(-n4c5ccccc5c5ccccc54)n3)c(-n3c4ccccc4c4ccccc43)cc12. The van der Waals surface area contributed by atoms with Crippen molar-refractivity contribution >= 4 is 96.9 Å². The van der Waals surface area contributed by atoms with Crippen molar-refractivity contribution in [1.29, 1.82) is 0 Å². The van der Waals surface area contributed by atoms with E-state index in [-0.39, 0.29) is 0 Å². The minimum Gasteiger partial charge on any atom is -0.308 e. The molecular formula is C51H30N6S. The van der Waals surface area contributed by atoms with Crippen molar-refractivity contribution in [3.05, 3.63) is 182 Å². The Labute approximate surface area is 335 Å². The average Bonchev–Trinajstić information content (AvgIpc) is 4.02. The Morgan fingerprint density at radius 2 is 0.672 bits per heavy atom. The highest BCUT2D eigenvalue weighted by atomic mass is 32.1. The van der Waals surface area contributed by atoms with Gasteiger partial charge in [-0.25, -0.2) is 0 Å². The fourth-order valence-electron chi connectivity index (χ4n) is 9.26. The first kappa shape index (κ1) is 31.6. The number of hydrogen-bond donors (Lipinski definition) is 0. The Kier molecular flexibility index (Phi) is 6.50. The second-order valence-electron chi connectivity index (χ2n) is 14.8. The molecule has 0 fully saturated rings. The third-order valence-corrected chi connectivity index (χ3v) is 12.9. The summed E-state index contributed by atoms with van der Waals surface area (Å²) < 4.78 is 9.22. The normalized spacial score (nSPS) is 12.1. The lowest BCUT2D eigenvalue weighted by atomic mass is 10.1. The van der Waals surface area contributed by atoms with Gasteiger partial charge in [-0.15, -0.1) is 11.3 Å². The number of aromatic nitrogens is 6. The maximum absolute atomic E-state index is 5.53. The van der Waals surface area contributed by atoms with Crippen LogP contribution in [0.4, 0.5) is 0 Å². The fourth-order valence-corrected chi connectivity index (χ4v) is 10.4. The topological polar surface area (TPSA) is 53.5 Å². The van der Waals surface area contributed by atoms with Crippen LogP contribution in [0.15, 0.2) is 182 Å². The largest absolute Gasteiger partial charge is 0.308 e. The van der Waals surface area contributed by atoms with Crippen LogP contribution in [0.2, 0.25) is 0 Å². The highest BCUT2D eigenvalue weighted by Gasteiger charge is 2.24. The summed E-state index contributed by atoms with van der Waals surface area (Å²) in [6.45, 7) is 0. The summed E-state index contributed by atoms with van der Waals surface area (Å²) in [6.07, 6.45) is 0. The van der Waals surface area contributed by atoms with Crippen molar-refractivity contribution in [2.75, 3.05) is 0 Å². The van der Waals surface area contributed by atoms with Crippen molar-refractivity contribution in [3.8, 4) is 29.0 Å². The molecule has 0 amide bonds. The second kappa shape index (κ2) is 11.9. The molecule has 5 aromatic heterocycles. The molecule has 0 aliphatic heterocycles. The number of thiophene rings is 1. The zero-order valence-electron chi connectivity index (χ0n) is 30.9. The van der Waals surface area contributed by atoms with E-state index in [0.717, 1.165) is 65.9 Å². The van der Waals surface area contributed by atoms with E-state index in [1.54, 1.807) is 11.3 Å². The van der Waals surface area contributed by atoms with Gasteiger partial charge in [0.2, 0.25) is 11.9 Å². The van der Waals surface area contributed by atoms with E-state index in [0.29, 0.717) is 17.7 Å². The molecular weight excluding hydrogens is 729 g/mol. The van der Waals surface area contributed by atoms with Gasteiger partial charge in [0.05, 0.1) is 38.8 Å². The van der Waals surface area contributed by atoms with Gasteiger partial charge >= 0.3 is 0 Å².